The van der Waals surface area contributed by atoms with Crippen molar-refractivity contribution in [3.05, 3.63) is 28.6 Å². The first kappa shape index (κ1) is 8.65. The van der Waals surface area contributed by atoms with Crippen LogP contribution in [0.5, 0.6) is 0 Å². The van der Waals surface area contributed by atoms with Crippen LogP contribution >= 0.6 is 15.9 Å². The number of pyridine rings is 1. The molecule has 4 nitrogen and oxygen atoms in total. The summed E-state index contributed by atoms with van der Waals surface area (Å²) in [5.41, 5.74) is 1.90. The van der Waals surface area contributed by atoms with Gasteiger partial charge in [0, 0.05) is 13.3 Å². The highest BCUT2D eigenvalue weighted by Crippen LogP contribution is 2.08. The summed E-state index contributed by atoms with van der Waals surface area (Å²) in [4.78, 5) is 4.14. The minimum atomic E-state index is 0.591. The number of nitrogens with zero attached hydrogens (tertiary/aromatic N) is 3. The highest BCUT2D eigenvalue weighted by molar-refractivity contribution is 9.10. The van der Waals surface area contributed by atoms with Gasteiger partial charge in [-0.1, -0.05) is 6.07 Å². The normalized spacial score (nSPS) is 10.9. The van der Waals surface area contributed by atoms with Crippen molar-refractivity contribution in [1.29, 1.82) is 0 Å². The van der Waals surface area contributed by atoms with Gasteiger partial charge in [0.25, 0.3) is 0 Å². The van der Waals surface area contributed by atoms with Gasteiger partial charge in [0.05, 0.1) is 6.61 Å². The van der Waals surface area contributed by atoms with Gasteiger partial charge < -0.3 is 4.74 Å². The van der Waals surface area contributed by atoms with E-state index in [2.05, 4.69) is 26.0 Å². The SMILES string of the molecule is COCc1ccc2nc(Br)nn2c1. The zero-order chi connectivity index (χ0) is 9.26. The van der Waals surface area contributed by atoms with Gasteiger partial charge in [-0.05, 0) is 27.6 Å². The second kappa shape index (κ2) is 3.43. The van der Waals surface area contributed by atoms with Crippen LogP contribution in [-0.4, -0.2) is 21.7 Å². The number of halogens is 1. The molecular formula is C8H8BrN3O. The lowest BCUT2D eigenvalue weighted by molar-refractivity contribution is 0.184. The van der Waals surface area contributed by atoms with Gasteiger partial charge in [-0.3, -0.25) is 0 Å². The van der Waals surface area contributed by atoms with Crippen LogP contribution in [0.15, 0.2) is 23.1 Å². The number of ether oxygens (including phenoxy) is 1. The van der Waals surface area contributed by atoms with E-state index >= 15 is 0 Å². The molecule has 2 rings (SSSR count). The van der Waals surface area contributed by atoms with Crippen molar-refractivity contribution in [3.63, 3.8) is 0 Å². The molecule has 0 unspecified atom stereocenters. The standard InChI is InChI=1S/C8H8BrN3O/c1-13-5-6-2-3-7-10-8(9)11-12(7)4-6/h2-4H,5H2,1H3. The summed E-state index contributed by atoms with van der Waals surface area (Å²) in [6, 6.07) is 3.88. The lowest BCUT2D eigenvalue weighted by atomic mass is 10.3. The fraction of sp³-hybridized carbons (Fsp3) is 0.250. The Hall–Kier alpha value is -0.940. The monoisotopic (exact) mass is 241 g/mol. The van der Waals surface area contributed by atoms with Crippen LogP contribution in [-0.2, 0) is 11.3 Å². The number of hydrogen-bond donors (Lipinski definition) is 0. The summed E-state index contributed by atoms with van der Waals surface area (Å²) in [7, 11) is 1.67. The van der Waals surface area contributed by atoms with E-state index in [1.54, 1.807) is 11.6 Å². The van der Waals surface area contributed by atoms with Crippen molar-refractivity contribution in [2.75, 3.05) is 7.11 Å². The Morgan fingerprint density at radius 3 is 3.15 bits per heavy atom. The third-order valence-electron chi connectivity index (χ3n) is 1.68. The fourth-order valence-corrected chi connectivity index (χ4v) is 1.50. The Labute approximate surface area is 83.7 Å². The zero-order valence-corrected chi connectivity index (χ0v) is 8.65. The maximum absolute atomic E-state index is 5.01. The maximum atomic E-state index is 5.01. The molecule has 5 heteroatoms. The summed E-state index contributed by atoms with van der Waals surface area (Å²) in [6.45, 7) is 0.591. The largest absolute Gasteiger partial charge is 0.380 e. The quantitative estimate of drug-likeness (QED) is 0.803. The molecule has 0 aromatic carbocycles. The van der Waals surface area contributed by atoms with E-state index in [0.717, 1.165) is 11.2 Å². The highest BCUT2D eigenvalue weighted by Gasteiger charge is 2.00. The van der Waals surface area contributed by atoms with E-state index < -0.39 is 0 Å². The van der Waals surface area contributed by atoms with E-state index in [1.165, 1.54) is 0 Å². The topological polar surface area (TPSA) is 39.4 Å². The molecule has 0 radical (unpaired) electrons. The maximum Gasteiger partial charge on any atom is 0.218 e. The molecule has 0 fully saturated rings. The minimum Gasteiger partial charge on any atom is -0.380 e. The summed E-state index contributed by atoms with van der Waals surface area (Å²) in [5, 5.41) is 4.12. The van der Waals surface area contributed by atoms with Gasteiger partial charge in [-0.2, -0.15) is 0 Å². The van der Waals surface area contributed by atoms with Gasteiger partial charge in [0.1, 0.15) is 0 Å². The zero-order valence-electron chi connectivity index (χ0n) is 7.07. The van der Waals surface area contributed by atoms with E-state index in [1.807, 2.05) is 18.3 Å². The molecule has 0 atom stereocenters. The minimum absolute atomic E-state index is 0.591. The first-order valence-electron chi connectivity index (χ1n) is 3.79. The molecular weight excluding hydrogens is 234 g/mol. The molecule has 0 spiro atoms. The highest BCUT2D eigenvalue weighted by atomic mass is 79.9. The van der Waals surface area contributed by atoms with Gasteiger partial charge >= 0.3 is 0 Å². The lowest BCUT2D eigenvalue weighted by Gasteiger charge is -1.98. The fourth-order valence-electron chi connectivity index (χ4n) is 1.15. The van der Waals surface area contributed by atoms with Crippen LogP contribution in [0.1, 0.15) is 5.56 Å². The van der Waals surface area contributed by atoms with Gasteiger partial charge in [-0.25, -0.2) is 9.50 Å². The number of aromatic nitrogens is 3. The molecule has 0 N–H and O–H groups in total. The molecule has 0 aliphatic rings. The van der Waals surface area contributed by atoms with Gasteiger partial charge in [0.15, 0.2) is 5.65 Å². The Kier molecular flexibility index (Phi) is 2.28. The number of methoxy groups -OCH3 is 1. The van der Waals surface area contributed by atoms with Crippen LogP contribution < -0.4 is 0 Å². The summed E-state index contributed by atoms with van der Waals surface area (Å²) in [5.74, 6) is 0. The van der Waals surface area contributed by atoms with Crippen LogP contribution in [0.2, 0.25) is 0 Å². The van der Waals surface area contributed by atoms with Crippen LogP contribution in [0.25, 0.3) is 5.65 Å². The van der Waals surface area contributed by atoms with Crippen LogP contribution in [0.3, 0.4) is 0 Å². The molecule has 68 valence electrons. The molecule has 0 saturated heterocycles. The molecule has 0 amide bonds. The van der Waals surface area contributed by atoms with E-state index in [-0.39, 0.29) is 0 Å². The van der Waals surface area contributed by atoms with Gasteiger partial charge in [-0.15, -0.1) is 5.10 Å². The second-order valence-corrected chi connectivity index (χ2v) is 3.36. The Morgan fingerprint density at radius 1 is 1.54 bits per heavy atom. The summed E-state index contributed by atoms with van der Waals surface area (Å²) in [6.07, 6.45) is 1.90. The summed E-state index contributed by atoms with van der Waals surface area (Å²) >= 11 is 3.21. The van der Waals surface area contributed by atoms with Crippen molar-refractivity contribution in [1.82, 2.24) is 14.6 Å². The van der Waals surface area contributed by atoms with Crippen molar-refractivity contribution in [3.8, 4) is 0 Å². The van der Waals surface area contributed by atoms with Crippen LogP contribution in [0, 0.1) is 0 Å². The third kappa shape index (κ3) is 1.71. The van der Waals surface area contributed by atoms with Crippen molar-refractivity contribution in [2.45, 2.75) is 6.61 Å². The van der Waals surface area contributed by atoms with E-state index in [9.17, 15) is 0 Å². The van der Waals surface area contributed by atoms with E-state index in [0.29, 0.717) is 11.3 Å². The second-order valence-electron chi connectivity index (χ2n) is 2.65. The molecule has 2 heterocycles. The third-order valence-corrected chi connectivity index (χ3v) is 2.01. The predicted molar refractivity (Wildman–Crippen MR) is 51.4 cm³/mol. The first-order chi connectivity index (χ1) is 6.29. The van der Waals surface area contributed by atoms with Crippen LogP contribution in [0.4, 0.5) is 0 Å². The summed E-state index contributed by atoms with van der Waals surface area (Å²) < 4.78 is 7.33. The molecule has 0 bridgehead atoms. The van der Waals surface area contributed by atoms with Gasteiger partial charge in [0.2, 0.25) is 4.73 Å². The molecule has 2 aromatic heterocycles. The Balaban J connectivity index is 2.48. The van der Waals surface area contributed by atoms with Crippen molar-refractivity contribution < 1.29 is 4.74 Å². The molecule has 13 heavy (non-hydrogen) atoms. The molecule has 2 aromatic rings. The Bertz CT molecular complexity index is 426. The predicted octanol–water partition coefficient (Wildman–Crippen LogP) is 1.64. The van der Waals surface area contributed by atoms with Crippen molar-refractivity contribution >= 4 is 21.6 Å². The van der Waals surface area contributed by atoms with Crippen molar-refractivity contribution in [2.24, 2.45) is 0 Å². The molecule has 0 aliphatic heterocycles. The average Bonchev–Trinajstić information content (AvgIpc) is 2.44. The van der Waals surface area contributed by atoms with E-state index in [4.69, 9.17) is 4.74 Å². The molecule has 0 saturated carbocycles. The number of rotatable bonds is 2. The number of fused-ring (bicyclic) bond motifs is 1. The number of hydrogen-bond acceptors (Lipinski definition) is 3. The Morgan fingerprint density at radius 2 is 2.38 bits per heavy atom. The average molecular weight is 242 g/mol. The smallest absolute Gasteiger partial charge is 0.218 e. The molecule has 0 aliphatic carbocycles. The lowest BCUT2D eigenvalue weighted by Crippen LogP contribution is -1.93. The first-order valence-corrected chi connectivity index (χ1v) is 4.58.